The van der Waals surface area contributed by atoms with Crippen molar-refractivity contribution < 1.29 is 14.7 Å². The van der Waals surface area contributed by atoms with Gasteiger partial charge in [-0.1, -0.05) is 0 Å². The van der Waals surface area contributed by atoms with Gasteiger partial charge in [-0.05, 0) is 39.5 Å². The highest BCUT2D eigenvalue weighted by Crippen LogP contribution is 2.30. The molecule has 92 valence electrons. The molecular formula is C11H20N2O3. The van der Waals surface area contributed by atoms with Crippen molar-refractivity contribution in [1.82, 2.24) is 5.32 Å². The second-order valence-electron chi connectivity index (χ2n) is 5.24. The summed E-state index contributed by atoms with van der Waals surface area (Å²) in [7, 11) is 0. The number of rotatable bonds is 5. The normalized spacial score (nSPS) is 18.7. The van der Waals surface area contributed by atoms with Crippen LogP contribution in [0.1, 0.15) is 46.0 Å². The van der Waals surface area contributed by atoms with Crippen molar-refractivity contribution >= 4 is 11.9 Å². The van der Waals surface area contributed by atoms with Crippen LogP contribution in [0.5, 0.6) is 0 Å². The molecule has 1 aliphatic rings. The van der Waals surface area contributed by atoms with Gasteiger partial charge in [-0.2, -0.15) is 0 Å². The molecule has 0 aromatic carbocycles. The van der Waals surface area contributed by atoms with E-state index in [9.17, 15) is 9.59 Å². The second-order valence-corrected chi connectivity index (χ2v) is 5.24. The van der Waals surface area contributed by atoms with Gasteiger partial charge in [-0.15, -0.1) is 0 Å². The van der Waals surface area contributed by atoms with Gasteiger partial charge in [0.1, 0.15) is 0 Å². The largest absolute Gasteiger partial charge is 0.481 e. The Bertz CT molecular complexity index is 296. The zero-order valence-electron chi connectivity index (χ0n) is 9.88. The first-order valence-corrected chi connectivity index (χ1v) is 5.58. The molecule has 1 fully saturated rings. The van der Waals surface area contributed by atoms with Crippen LogP contribution < -0.4 is 11.1 Å². The van der Waals surface area contributed by atoms with Crippen molar-refractivity contribution in [3.63, 3.8) is 0 Å². The molecule has 4 N–H and O–H groups in total. The Kier molecular flexibility index (Phi) is 3.57. The number of hydrogen-bond acceptors (Lipinski definition) is 3. The van der Waals surface area contributed by atoms with Gasteiger partial charge in [-0.3, -0.25) is 9.59 Å². The number of nitrogens with one attached hydrogen (secondary N) is 1. The molecule has 16 heavy (non-hydrogen) atoms. The van der Waals surface area contributed by atoms with Gasteiger partial charge in [-0.25, -0.2) is 0 Å². The molecule has 0 unspecified atom stereocenters. The molecule has 0 aliphatic heterocycles. The van der Waals surface area contributed by atoms with Crippen molar-refractivity contribution in [3.05, 3.63) is 0 Å². The predicted molar refractivity (Wildman–Crippen MR) is 59.9 cm³/mol. The van der Waals surface area contributed by atoms with Crippen molar-refractivity contribution in [2.45, 2.75) is 57.0 Å². The Morgan fingerprint density at radius 2 is 2.00 bits per heavy atom. The first kappa shape index (κ1) is 13.0. The average molecular weight is 228 g/mol. The number of carboxylic acids is 1. The molecule has 0 aromatic heterocycles. The van der Waals surface area contributed by atoms with Gasteiger partial charge >= 0.3 is 5.97 Å². The lowest BCUT2D eigenvalue weighted by Crippen LogP contribution is -2.62. The summed E-state index contributed by atoms with van der Waals surface area (Å²) >= 11 is 0. The number of amides is 1. The molecule has 0 saturated heterocycles. The van der Waals surface area contributed by atoms with Crippen LogP contribution >= 0.6 is 0 Å². The Balaban J connectivity index is 2.45. The molecule has 1 saturated carbocycles. The van der Waals surface area contributed by atoms with Crippen molar-refractivity contribution in [3.8, 4) is 0 Å². The molecule has 0 atom stereocenters. The number of aliphatic carboxylic acids is 1. The van der Waals surface area contributed by atoms with Gasteiger partial charge in [0.2, 0.25) is 5.91 Å². The maximum absolute atomic E-state index is 11.8. The molecule has 0 radical (unpaired) electrons. The quantitative estimate of drug-likeness (QED) is 0.643. The highest BCUT2D eigenvalue weighted by Gasteiger charge is 2.41. The van der Waals surface area contributed by atoms with Crippen LogP contribution in [-0.4, -0.2) is 28.1 Å². The monoisotopic (exact) mass is 228 g/mol. The topological polar surface area (TPSA) is 92.4 Å². The molecule has 0 heterocycles. The standard InChI is InChI=1S/C11H20N2O3/c1-10(2,7-4-8(14)15)13-9(16)11(12)5-3-6-11/h3-7,12H2,1-2H3,(H,13,16)(H,14,15). The smallest absolute Gasteiger partial charge is 0.303 e. The Labute approximate surface area is 95.4 Å². The number of hydrogen-bond donors (Lipinski definition) is 3. The summed E-state index contributed by atoms with van der Waals surface area (Å²) in [5.74, 6) is -1.01. The average Bonchev–Trinajstić information content (AvgIpc) is 2.10. The summed E-state index contributed by atoms with van der Waals surface area (Å²) in [5, 5.41) is 11.4. The van der Waals surface area contributed by atoms with Crippen LogP contribution in [0, 0.1) is 0 Å². The van der Waals surface area contributed by atoms with Crippen molar-refractivity contribution in [2.75, 3.05) is 0 Å². The molecule has 1 amide bonds. The summed E-state index contributed by atoms with van der Waals surface area (Å²) in [4.78, 5) is 22.3. The zero-order chi connectivity index (χ0) is 12.4. The minimum Gasteiger partial charge on any atom is -0.481 e. The predicted octanol–water partition coefficient (Wildman–Crippen LogP) is 0.627. The SMILES string of the molecule is CC(C)(CCC(=O)O)NC(=O)C1(N)CCC1. The van der Waals surface area contributed by atoms with Crippen LogP contribution in [-0.2, 0) is 9.59 Å². The maximum atomic E-state index is 11.8. The van der Waals surface area contributed by atoms with Crippen molar-refractivity contribution in [2.24, 2.45) is 5.73 Å². The molecule has 0 spiro atoms. The van der Waals surface area contributed by atoms with E-state index in [2.05, 4.69) is 5.32 Å². The van der Waals surface area contributed by atoms with E-state index in [0.29, 0.717) is 19.3 Å². The fraction of sp³-hybridized carbons (Fsp3) is 0.818. The van der Waals surface area contributed by atoms with Crippen LogP contribution in [0.2, 0.25) is 0 Å². The van der Waals surface area contributed by atoms with E-state index in [4.69, 9.17) is 10.8 Å². The summed E-state index contributed by atoms with van der Waals surface area (Å²) in [5.41, 5.74) is 4.64. The van der Waals surface area contributed by atoms with Crippen LogP contribution in [0.15, 0.2) is 0 Å². The minimum atomic E-state index is -0.853. The van der Waals surface area contributed by atoms with Gasteiger partial charge < -0.3 is 16.2 Å². The third-order valence-corrected chi connectivity index (χ3v) is 3.11. The Morgan fingerprint density at radius 1 is 1.44 bits per heavy atom. The first-order valence-electron chi connectivity index (χ1n) is 5.58. The lowest BCUT2D eigenvalue weighted by molar-refractivity contribution is -0.138. The zero-order valence-corrected chi connectivity index (χ0v) is 9.88. The first-order chi connectivity index (χ1) is 7.25. The van der Waals surface area contributed by atoms with Gasteiger partial charge in [0.15, 0.2) is 0 Å². The highest BCUT2D eigenvalue weighted by atomic mass is 16.4. The van der Waals surface area contributed by atoms with E-state index in [1.807, 2.05) is 13.8 Å². The molecular weight excluding hydrogens is 208 g/mol. The van der Waals surface area contributed by atoms with E-state index in [1.54, 1.807) is 0 Å². The van der Waals surface area contributed by atoms with Crippen LogP contribution in [0.4, 0.5) is 0 Å². The molecule has 0 aromatic rings. The summed E-state index contributed by atoms with van der Waals surface area (Å²) < 4.78 is 0. The Hall–Kier alpha value is -1.10. The summed E-state index contributed by atoms with van der Waals surface area (Å²) in [6.45, 7) is 3.63. The van der Waals surface area contributed by atoms with E-state index in [1.165, 1.54) is 0 Å². The molecule has 5 heteroatoms. The van der Waals surface area contributed by atoms with E-state index in [0.717, 1.165) is 6.42 Å². The minimum absolute atomic E-state index is 0.0465. The van der Waals surface area contributed by atoms with Gasteiger partial charge in [0, 0.05) is 12.0 Å². The van der Waals surface area contributed by atoms with Crippen LogP contribution in [0.25, 0.3) is 0 Å². The number of nitrogens with two attached hydrogens (primary N) is 1. The molecule has 1 rings (SSSR count). The second kappa shape index (κ2) is 4.41. The van der Waals surface area contributed by atoms with Crippen LogP contribution in [0.3, 0.4) is 0 Å². The third kappa shape index (κ3) is 3.20. The van der Waals surface area contributed by atoms with Gasteiger partial charge in [0.05, 0.1) is 5.54 Å². The summed E-state index contributed by atoms with van der Waals surface area (Å²) in [6, 6.07) is 0. The number of carbonyl (C=O) groups is 2. The summed E-state index contributed by atoms with van der Waals surface area (Å²) in [6.07, 6.45) is 2.87. The Morgan fingerprint density at radius 3 is 2.38 bits per heavy atom. The highest BCUT2D eigenvalue weighted by molar-refractivity contribution is 5.87. The van der Waals surface area contributed by atoms with E-state index >= 15 is 0 Å². The third-order valence-electron chi connectivity index (χ3n) is 3.11. The van der Waals surface area contributed by atoms with E-state index in [-0.39, 0.29) is 12.3 Å². The lowest BCUT2D eigenvalue weighted by atomic mass is 9.76. The number of carbonyl (C=O) groups excluding carboxylic acids is 1. The fourth-order valence-electron chi connectivity index (χ4n) is 1.70. The fourth-order valence-corrected chi connectivity index (χ4v) is 1.70. The van der Waals surface area contributed by atoms with Crippen molar-refractivity contribution in [1.29, 1.82) is 0 Å². The van der Waals surface area contributed by atoms with E-state index < -0.39 is 17.0 Å². The molecule has 0 bridgehead atoms. The lowest BCUT2D eigenvalue weighted by Gasteiger charge is -2.39. The molecule has 5 nitrogen and oxygen atoms in total. The molecule has 1 aliphatic carbocycles. The maximum Gasteiger partial charge on any atom is 0.303 e. The van der Waals surface area contributed by atoms with Gasteiger partial charge in [0.25, 0.3) is 0 Å². The number of carboxylic acid groups (broad SMARTS) is 1.